The van der Waals surface area contributed by atoms with E-state index in [1.54, 1.807) is 96.3 Å². The van der Waals surface area contributed by atoms with Crippen LogP contribution in [0.15, 0.2) is 72.8 Å². The standard InChI is InChI=1S/C21H27N2.C18H33P.C14H8.2ClH.Ru/c1-14-9-16(3)20(17(4)10-14)22-7-8-23(13-22)21-18(5)11-15(2)12-19(21)6;1-4-10-16(11-5-1)19(17-12-6-2-7-13-17)18-14-8-3-9-15-18;1-10-11-6-2-4-8-13(11)14-9-5-3-7-12(10)14;;;/h9-13H,7-8H2,1-6H3;16-18H,1-15H2;2-9H;2*1H;/q-1;;;;;+2/p-1. The summed E-state index contributed by atoms with van der Waals surface area (Å²) in [5.74, 6) is 0. The SMILES string of the molecule is C1CCC([PH+](C2CCCCC2)C2CCCCC2)CC1.Cc1cc(C)c(N2[CH-]N(c3c(C)cc(C)cc3C)CC2)c(C)c1.[Cl][Ru]([Cl])=[C]=C1c2ccccc2-c2ccccc21. The van der Waals surface area contributed by atoms with Crippen LogP contribution < -0.4 is 9.80 Å². The molecule has 4 fully saturated rings. The molecule has 3 saturated carbocycles. The third-order valence-electron chi connectivity index (χ3n) is 13.8. The quantitative estimate of drug-likeness (QED) is 0.0984. The zero-order valence-corrected chi connectivity index (χ0v) is 41.0. The number of benzene rings is 4. The van der Waals surface area contributed by atoms with Crippen LogP contribution in [0.1, 0.15) is 141 Å². The maximum atomic E-state index is 5.97. The summed E-state index contributed by atoms with van der Waals surface area (Å²) < 4.78 is 3.24. The monoisotopic (exact) mass is 936 g/mol. The number of halogens is 2. The van der Waals surface area contributed by atoms with Crippen LogP contribution >= 0.6 is 27.3 Å². The van der Waals surface area contributed by atoms with Crippen LogP contribution in [-0.4, -0.2) is 34.3 Å². The summed E-state index contributed by atoms with van der Waals surface area (Å²) in [5.41, 5.74) is 20.5. The Balaban J connectivity index is 0.000000136. The Kier molecular flexibility index (Phi) is 16.1. The summed E-state index contributed by atoms with van der Waals surface area (Å²) in [6, 6.07) is 25.7. The first-order chi connectivity index (χ1) is 28.6. The molecule has 0 radical (unpaired) electrons. The van der Waals surface area contributed by atoms with Gasteiger partial charge >= 0.3 is 114 Å². The van der Waals surface area contributed by atoms with Crippen molar-refractivity contribution in [2.75, 3.05) is 22.9 Å². The molecule has 0 amide bonds. The van der Waals surface area contributed by atoms with Gasteiger partial charge in [0, 0.05) is 32.4 Å². The van der Waals surface area contributed by atoms with Crippen molar-refractivity contribution in [2.24, 2.45) is 0 Å². The summed E-state index contributed by atoms with van der Waals surface area (Å²) in [7, 11) is 11.9. The molecule has 0 aromatic heterocycles. The number of hydrogen-bond donors (Lipinski definition) is 0. The van der Waals surface area contributed by atoms with Crippen molar-refractivity contribution in [1.82, 2.24) is 0 Å². The van der Waals surface area contributed by atoms with Crippen LogP contribution in [0.2, 0.25) is 0 Å². The van der Waals surface area contributed by atoms with Gasteiger partial charge < -0.3 is 9.80 Å². The van der Waals surface area contributed by atoms with E-state index in [0.717, 1.165) is 18.7 Å². The van der Waals surface area contributed by atoms with Crippen molar-refractivity contribution in [1.29, 1.82) is 0 Å². The van der Waals surface area contributed by atoms with E-state index in [-0.39, 0.29) is 7.92 Å². The molecule has 0 bridgehead atoms. The molecule has 0 N–H and O–H groups in total. The van der Waals surface area contributed by atoms with Crippen LogP contribution in [-0.2, 0) is 13.5 Å². The Morgan fingerprint density at radius 3 is 1.15 bits per heavy atom. The summed E-state index contributed by atoms with van der Waals surface area (Å²) in [5, 5.41) is 0. The molecule has 2 nitrogen and oxygen atoms in total. The van der Waals surface area contributed by atoms with Crippen LogP contribution in [0.3, 0.4) is 0 Å². The Morgan fingerprint density at radius 2 is 0.831 bits per heavy atom. The van der Waals surface area contributed by atoms with E-state index in [4.69, 9.17) is 19.4 Å². The van der Waals surface area contributed by atoms with Crippen LogP contribution in [0.4, 0.5) is 11.4 Å². The van der Waals surface area contributed by atoms with Crippen molar-refractivity contribution < 1.29 is 13.5 Å². The number of rotatable bonds is 5. The molecule has 4 aromatic rings. The number of nitrogens with zero attached hydrogens (tertiary/aromatic N) is 2. The second-order valence-electron chi connectivity index (χ2n) is 18.2. The first-order valence-electron chi connectivity index (χ1n) is 22.8. The van der Waals surface area contributed by atoms with Gasteiger partial charge in [-0.3, -0.25) is 0 Å². The molecule has 1 aliphatic heterocycles. The summed E-state index contributed by atoms with van der Waals surface area (Å²) >= 11 is -1.92. The zero-order chi connectivity index (χ0) is 41.5. The predicted molar refractivity (Wildman–Crippen MR) is 260 cm³/mol. The van der Waals surface area contributed by atoms with E-state index in [2.05, 4.69) is 123 Å². The van der Waals surface area contributed by atoms with E-state index in [1.807, 2.05) is 12.1 Å². The molecule has 5 aliphatic rings. The molecule has 1 heterocycles. The number of aryl methyl sites for hydroxylation is 6. The Labute approximate surface area is 372 Å². The molecular formula is C53H69Cl2N2PRu. The first kappa shape index (κ1) is 44.8. The Hall–Kier alpha value is -2.24. The Bertz CT molecular complexity index is 1920. The molecule has 0 spiro atoms. The average Bonchev–Trinajstić information content (AvgIpc) is 3.82. The van der Waals surface area contributed by atoms with Crippen molar-refractivity contribution in [2.45, 2.75) is 155 Å². The van der Waals surface area contributed by atoms with E-state index >= 15 is 0 Å². The fourth-order valence-electron chi connectivity index (χ4n) is 11.6. The van der Waals surface area contributed by atoms with Gasteiger partial charge in [-0.1, -0.05) is 54.7 Å². The van der Waals surface area contributed by atoms with Gasteiger partial charge in [-0.05, 0) is 141 Å². The number of anilines is 2. The second-order valence-corrected chi connectivity index (χ2v) is 27.0. The molecule has 0 atom stereocenters. The van der Waals surface area contributed by atoms with E-state index in [1.165, 1.54) is 84.0 Å². The third-order valence-corrected chi connectivity index (χ3v) is 19.9. The second kappa shape index (κ2) is 21.2. The zero-order valence-electron chi connectivity index (χ0n) is 36.8. The minimum absolute atomic E-state index is 0.0465. The minimum atomic E-state index is -1.92. The van der Waals surface area contributed by atoms with Gasteiger partial charge in [-0.2, -0.15) is 6.67 Å². The van der Waals surface area contributed by atoms with Crippen molar-refractivity contribution in [3.63, 3.8) is 0 Å². The summed E-state index contributed by atoms with van der Waals surface area (Å²) in [6.45, 7) is 17.6. The van der Waals surface area contributed by atoms with E-state index in [9.17, 15) is 0 Å². The molecule has 9 rings (SSSR count). The fourth-order valence-corrected chi connectivity index (χ4v) is 18.4. The fraction of sp³-hybridized carbons (Fsp3) is 0.491. The molecule has 318 valence electrons. The summed E-state index contributed by atoms with van der Waals surface area (Å²) in [4.78, 5) is 4.81. The van der Waals surface area contributed by atoms with Gasteiger partial charge in [0.1, 0.15) is 0 Å². The van der Waals surface area contributed by atoms with Gasteiger partial charge in [0.25, 0.3) is 0 Å². The molecule has 6 heteroatoms. The Morgan fingerprint density at radius 1 is 0.508 bits per heavy atom. The van der Waals surface area contributed by atoms with Crippen LogP contribution in [0.5, 0.6) is 0 Å². The van der Waals surface area contributed by atoms with Gasteiger partial charge in [-0.15, -0.1) is 0 Å². The third kappa shape index (κ3) is 11.1. The number of hydrogen-bond acceptors (Lipinski definition) is 2. The molecule has 1 saturated heterocycles. The predicted octanol–water partition coefficient (Wildman–Crippen LogP) is 15.6. The maximum absolute atomic E-state index is 5.97. The molecule has 4 aliphatic carbocycles. The van der Waals surface area contributed by atoms with Crippen LogP contribution in [0.25, 0.3) is 16.7 Å². The van der Waals surface area contributed by atoms with Gasteiger partial charge in [0.05, 0.1) is 17.0 Å². The first-order valence-corrected chi connectivity index (χ1v) is 29.9. The molecule has 4 aromatic carbocycles. The van der Waals surface area contributed by atoms with Crippen molar-refractivity contribution in [3.05, 3.63) is 124 Å². The van der Waals surface area contributed by atoms with E-state index < -0.39 is 13.5 Å². The average molecular weight is 937 g/mol. The molecular weight excluding hydrogens is 868 g/mol. The number of fused-ring (bicyclic) bond motifs is 3. The normalized spacial score (nSPS) is 18.7. The van der Waals surface area contributed by atoms with E-state index in [0.29, 0.717) is 0 Å². The van der Waals surface area contributed by atoms with Gasteiger partial charge in [0.15, 0.2) is 0 Å². The van der Waals surface area contributed by atoms with Gasteiger partial charge in [0.2, 0.25) is 0 Å². The summed E-state index contributed by atoms with van der Waals surface area (Å²) in [6.07, 6.45) is 23.8. The van der Waals surface area contributed by atoms with Crippen LogP contribution in [0, 0.1) is 48.2 Å². The van der Waals surface area contributed by atoms with Crippen molar-refractivity contribution >= 4 is 48.5 Å². The van der Waals surface area contributed by atoms with Gasteiger partial charge in [-0.25, -0.2) is 0 Å². The molecule has 59 heavy (non-hydrogen) atoms. The van der Waals surface area contributed by atoms with Crippen molar-refractivity contribution in [3.8, 4) is 11.1 Å². The topological polar surface area (TPSA) is 6.48 Å². The molecule has 0 unspecified atom stereocenters.